The van der Waals surface area contributed by atoms with Gasteiger partial charge < -0.3 is 5.73 Å². The number of anilines is 1. The van der Waals surface area contributed by atoms with Gasteiger partial charge in [-0.25, -0.2) is 14.1 Å². The van der Waals surface area contributed by atoms with Gasteiger partial charge in [0.1, 0.15) is 16.8 Å². The lowest BCUT2D eigenvalue weighted by molar-refractivity contribution is -0.118. The minimum Gasteiger partial charge on any atom is -0.384 e. The molecule has 1 unspecified atom stereocenters. The molecule has 0 amide bonds. The lowest BCUT2D eigenvalue weighted by atomic mass is 9.68. The van der Waals surface area contributed by atoms with Crippen LogP contribution in [-0.4, -0.2) is 20.5 Å². The second kappa shape index (κ2) is 9.98. The van der Waals surface area contributed by atoms with E-state index in [0.717, 1.165) is 11.3 Å². The molecule has 2 aromatic carbocycles. The van der Waals surface area contributed by atoms with Gasteiger partial charge in [0.15, 0.2) is 10.9 Å². The quantitative estimate of drug-likeness (QED) is 0.276. The number of nitrogens with zero attached hydrogens (tertiary/aromatic N) is 5. The monoisotopic (exact) mass is 584 g/mol. The number of rotatable bonds is 4. The molecule has 2 N–H and O–H groups in total. The molecule has 1 aliphatic heterocycles. The molecule has 206 valence electrons. The zero-order valence-electron chi connectivity index (χ0n) is 22.7. The van der Waals surface area contributed by atoms with Crippen molar-refractivity contribution < 1.29 is 9.18 Å². The van der Waals surface area contributed by atoms with E-state index in [1.807, 2.05) is 56.5 Å². The Morgan fingerprint density at radius 2 is 1.85 bits per heavy atom. The Bertz CT molecular complexity index is 1800. The molecule has 6 rings (SSSR count). The number of halogens is 2. The second-order valence-electron chi connectivity index (χ2n) is 11.0. The van der Waals surface area contributed by atoms with E-state index in [1.54, 1.807) is 21.7 Å². The average Bonchev–Trinajstić information content (AvgIpc) is 3.52. The number of allylic oxidation sites excluding steroid dienone is 3. The number of para-hydroxylation sites is 1. The van der Waals surface area contributed by atoms with Gasteiger partial charge in [0.05, 0.1) is 34.6 Å². The van der Waals surface area contributed by atoms with Crippen LogP contribution in [0.2, 0.25) is 5.15 Å². The van der Waals surface area contributed by atoms with E-state index in [2.05, 4.69) is 11.2 Å². The summed E-state index contributed by atoms with van der Waals surface area (Å²) in [6.45, 7) is 5.91. The molecule has 1 atom stereocenters. The lowest BCUT2D eigenvalue weighted by Crippen LogP contribution is -2.42. The predicted molar refractivity (Wildman–Crippen MR) is 158 cm³/mol. The first-order valence-corrected chi connectivity index (χ1v) is 14.3. The largest absolute Gasteiger partial charge is 0.384 e. The first-order chi connectivity index (χ1) is 19.6. The van der Waals surface area contributed by atoms with E-state index in [9.17, 15) is 14.4 Å². The summed E-state index contributed by atoms with van der Waals surface area (Å²) in [6.07, 6.45) is 0.857. The molecule has 1 aliphatic carbocycles. The van der Waals surface area contributed by atoms with Gasteiger partial charge in [-0.1, -0.05) is 43.6 Å². The summed E-state index contributed by atoms with van der Waals surface area (Å²) in [7, 11) is 0. The Morgan fingerprint density at radius 3 is 2.54 bits per heavy atom. The number of hydrogen-bond acceptors (Lipinski definition) is 7. The van der Waals surface area contributed by atoms with Crippen LogP contribution in [0.3, 0.4) is 0 Å². The number of thiazole rings is 1. The number of ketones is 1. The Balaban J connectivity index is 1.55. The maximum Gasteiger partial charge on any atom is 0.195 e. The molecule has 0 spiro atoms. The van der Waals surface area contributed by atoms with Crippen LogP contribution in [0.5, 0.6) is 0 Å². The number of carbonyl (C=O) groups is 1. The number of benzene rings is 2. The molecular weight excluding hydrogens is 559 g/mol. The van der Waals surface area contributed by atoms with E-state index in [4.69, 9.17) is 22.3 Å². The minimum atomic E-state index is -0.767. The third-order valence-electron chi connectivity index (χ3n) is 7.54. The molecule has 3 heterocycles. The average molecular weight is 585 g/mol. The van der Waals surface area contributed by atoms with Gasteiger partial charge in [-0.2, -0.15) is 10.4 Å². The van der Waals surface area contributed by atoms with Crippen molar-refractivity contribution in [1.82, 2.24) is 14.8 Å². The number of carbonyl (C=O) groups excluding carboxylic acids is 1. The zero-order valence-corrected chi connectivity index (χ0v) is 24.2. The fourth-order valence-electron chi connectivity index (χ4n) is 5.72. The number of aromatic nitrogens is 3. The molecule has 41 heavy (non-hydrogen) atoms. The SMILES string of the molecule is Cc1nn(-c2ccccc2)c(Cl)c1C1C(C#N)=C(N)N(c2nc(-c3ccc(F)cc3)cs2)C2=C1C(=O)CC(C)(C)C2. The summed E-state index contributed by atoms with van der Waals surface area (Å²) in [5.74, 6) is -0.967. The summed E-state index contributed by atoms with van der Waals surface area (Å²) < 4.78 is 15.1. The van der Waals surface area contributed by atoms with Crippen molar-refractivity contribution in [3.63, 3.8) is 0 Å². The summed E-state index contributed by atoms with van der Waals surface area (Å²) in [4.78, 5) is 20.5. The standard InChI is InChI=1S/C31H26ClFN6OS/c1-17-25(28(32)39(37-17)20-7-5-4-6-8-20)26-21(15-34)29(35)38(23-13-31(2,3)14-24(40)27(23)26)30-36-22(16-41-30)18-9-11-19(33)12-10-18/h4-12,16,26H,13-14,35H2,1-3H3. The Hall–Kier alpha value is -4.26. The van der Waals surface area contributed by atoms with Gasteiger partial charge in [0.25, 0.3) is 0 Å². The fraction of sp³-hybridized carbons (Fsp3) is 0.226. The first kappa shape index (κ1) is 26.9. The third-order valence-corrected chi connectivity index (χ3v) is 8.73. The van der Waals surface area contributed by atoms with E-state index >= 15 is 0 Å². The van der Waals surface area contributed by atoms with Gasteiger partial charge in [-0.3, -0.25) is 9.69 Å². The molecule has 2 aromatic heterocycles. The fourth-order valence-corrected chi connectivity index (χ4v) is 6.97. The zero-order chi connectivity index (χ0) is 29.1. The number of Topliss-reactive ketones (excluding diaryl/α,β-unsaturated/α-hetero) is 1. The summed E-state index contributed by atoms with van der Waals surface area (Å²) in [6, 6.07) is 17.8. The van der Waals surface area contributed by atoms with Crippen LogP contribution in [0.15, 0.2) is 82.6 Å². The molecule has 2 aliphatic rings. The molecule has 0 bridgehead atoms. The summed E-state index contributed by atoms with van der Waals surface area (Å²) in [5, 5.41) is 17.9. The molecule has 10 heteroatoms. The van der Waals surface area contributed by atoms with Crippen LogP contribution >= 0.6 is 22.9 Å². The molecule has 0 radical (unpaired) electrons. The molecular formula is C31H26ClFN6OS. The lowest BCUT2D eigenvalue weighted by Gasteiger charge is -2.42. The highest BCUT2D eigenvalue weighted by Crippen LogP contribution is 2.52. The van der Waals surface area contributed by atoms with Crippen LogP contribution in [0.1, 0.15) is 43.9 Å². The van der Waals surface area contributed by atoms with E-state index in [-0.39, 0.29) is 28.4 Å². The molecule has 0 saturated carbocycles. The number of nitrogens with two attached hydrogens (primary N) is 1. The van der Waals surface area contributed by atoms with Crippen LogP contribution in [-0.2, 0) is 4.79 Å². The number of aryl methyl sites for hydroxylation is 1. The van der Waals surface area contributed by atoms with Gasteiger partial charge in [0, 0.05) is 34.2 Å². The van der Waals surface area contributed by atoms with Crippen molar-refractivity contribution in [3.8, 4) is 23.0 Å². The van der Waals surface area contributed by atoms with Crippen LogP contribution < -0.4 is 10.6 Å². The van der Waals surface area contributed by atoms with E-state index in [1.165, 1.54) is 23.5 Å². The molecule has 0 fully saturated rings. The Labute approximate surface area is 246 Å². The smallest absolute Gasteiger partial charge is 0.195 e. The van der Waals surface area contributed by atoms with Crippen molar-refractivity contribution >= 4 is 33.9 Å². The highest BCUT2D eigenvalue weighted by molar-refractivity contribution is 7.14. The predicted octanol–water partition coefficient (Wildman–Crippen LogP) is 7.04. The van der Waals surface area contributed by atoms with Crippen molar-refractivity contribution in [2.75, 3.05) is 4.90 Å². The number of nitriles is 1. The highest BCUT2D eigenvalue weighted by Gasteiger charge is 2.47. The molecule has 7 nitrogen and oxygen atoms in total. The summed E-state index contributed by atoms with van der Waals surface area (Å²) >= 11 is 8.32. The first-order valence-electron chi connectivity index (χ1n) is 13.1. The third kappa shape index (κ3) is 4.53. The molecule has 0 saturated heterocycles. The normalized spacial score (nSPS) is 18.5. The molecule has 4 aromatic rings. The van der Waals surface area contributed by atoms with Crippen molar-refractivity contribution in [2.24, 2.45) is 11.1 Å². The van der Waals surface area contributed by atoms with Gasteiger partial charge >= 0.3 is 0 Å². The minimum absolute atomic E-state index is 0.0651. The van der Waals surface area contributed by atoms with E-state index < -0.39 is 5.92 Å². The summed E-state index contributed by atoms with van der Waals surface area (Å²) in [5.41, 5.74) is 11.2. The van der Waals surface area contributed by atoms with Crippen molar-refractivity contribution in [1.29, 1.82) is 5.26 Å². The van der Waals surface area contributed by atoms with Crippen molar-refractivity contribution in [2.45, 2.75) is 39.5 Å². The number of hydrogen-bond donors (Lipinski definition) is 1. The van der Waals surface area contributed by atoms with Crippen LogP contribution in [0.4, 0.5) is 9.52 Å². The Morgan fingerprint density at radius 1 is 1.15 bits per heavy atom. The van der Waals surface area contributed by atoms with E-state index in [0.29, 0.717) is 51.3 Å². The van der Waals surface area contributed by atoms with Gasteiger partial charge in [-0.05, 0) is 55.2 Å². The van der Waals surface area contributed by atoms with Gasteiger partial charge in [0.2, 0.25) is 0 Å². The van der Waals surface area contributed by atoms with Gasteiger partial charge in [-0.15, -0.1) is 11.3 Å². The Kier molecular flexibility index (Phi) is 6.56. The topological polar surface area (TPSA) is 101 Å². The second-order valence-corrected chi connectivity index (χ2v) is 12.2. The van der Waals surface area contributed by atoms with Crippen LogP contribution in [0, 0.1) is 29.5 Å². The maximum absolute atomic E-state index is 14.0. The maximum atomic E-state index is 14.0. The van der Waals surface area contributed by atoms with Crippen molar-refractivity contribution in [3.05, 3.63) is 105 Å². The highest BCUT2D eigenvalue weighted by atomic mass is 35.5. The van der Waals surface area contributed by atoms with Crippen LogP contribution in [0.25, 0.3) is 16.9 Å².